The topological polar surface area (TPSA) is 52.3 Å². The lowest BCUT2D eigenvalue weighted by atomic mass is 9.72. The Morgan fingerprint density at radius 2 is 2.00 bits per heavy atom. The van der Waals surface area contributed by atoms with Crippen molar-refractivity contribution in [2.24, 2.45) is 17.1 Å². The van der Waals surface area contributed by atoms with Crippen molar-refractivity contribution in [2.45, 2.75) is 34.1 Å². The Kier molecular flexibility index (Phi) is 5.55. The molecule has 0 saturated carbocycles. The summed E-state index contributed by atoms with van der Waals surface area (Å²) in [5.41, 5.74) is 7.65. The molecule has 0 bridgehead atoms. The van der Waals surface area contributed by atoms with Gasteiger partial charge in [-0.15, -0.1) is 0 Å². The van der Waals surface area contributed by atoms with Crippen molar-refractivity contribution in [1.82, 2.24) is 0 Å². The van der Waals surface area contributed by atoms with Gasteiger partial charge in [-0.05, 0) is 37.3 Å². The third-order valence-electron chi connectivity index (χ3n) is 3.92. The largest absolute Gasteiger partial charge is 0.466 e. The Labute approximate surface area is 116 Å². The highest BCUT2D eigenvalue weighted by Gasteiger charge is 2.42. The third kappa shape index (κ3) is 3.35. The van der Waals surface area contributed by atoms with Crippen LogP contribution in [0.3, 0.4) is 0 Å². The standard InChI is InChI=1S/C16H25NO2/c1-5-19-15(18)16(11-17,12(2)3)10-14-9-7-6-8-13(14)4/h6-9,12H,5,10-11,17H2,1-4H3. The average Bonchev–Trinajstić information content (AvgIpc) is 2.38. The van der Waals surface area contributed by atoms with Crippen LogP contribution in [0.5, 0.6) is 0 Å². The molecule has 1 rings (SSSR count). The number of carbonyl (C=O) groups excluding carboxylic acids is 1. The van der Waals surface area contributed by atoms with E-state index in [1.807, 2.05) is 32.9 Å². The summed E-state index contributed by atoms with van der Waals surface area (Å²) in [6.45, 7) is 8.64. The molecule has 0 heterocycles. The minimum Gasteiger partial charge on any atom is -0.466 e. The van der Waals surface area contributed by atoms with Crippen molar-refractivity contribution < 1.29 is 9.53 Å². The molecule has 0 aliphatic heterocycles. The maximum Gasteiger partial charge on any atom is 0.313 e. The van der Waals surface area contributed by atoms with Crippen LogP contribution in [0.4, 0.5) is 0 Å². The number of hydrogen-bond donors (Lipinski definition) is 1. The second-order valence-corrected chi connectivity index (χ2v) is 5.34. The molecule has 1 aromatic rings. The highest BCUT2D eigenvalue weighted by atomic mass is 16.5. The molecule has 19 heavy (non-hydrogen) atoms. The number of hydrogen-bond acceptors (Lipinski definition) is 3. The fourth-order valence-corrected chi connectivity index (χ4v) is 2.33. The van der Waals surface area contributed by atoms with Crippen LogP contribution in [0.1, 0.15) is 31.9 Å². The molecule has 2 N–H and O–H groups in total. The van der Waals surface area contributed by atoms with Crippen molar-refractivity contribution >= 4 is 5.97 Å². The maximum atomic E-state index is 12.4. The van der Waals surface area contributed by atoms with E-state index in [0.717, 1.165) is 5.56 Å². The van der Waals surface area contributed by atoms with Crippen LogP contribution in [0, 0.1) is 18.3 Å². The minimum atomic E-state index is -0.637. The second-order valence-electron chi connectivity index (χ2n) is 5.34. The molecule has 1 atom stereocenters. The van der Waals surface area contributed by atoms with E-state index < -0.39 is 5.41 Å². The van der Waals surface area contributed by atoms with Crippen LogP contribution in [0.2, 0.25) is 0 Å². The molecular weight excluding hydrogens is 238 g/mol. The third-order valence-corrected chi connectivity index (χ3v) is 3.92. The predicted molar refractivity (Wildman–Crippen MR) is 77.8 cm³/mol. The summed E-state index contributed by atoms with van der Waals surface area (Å²) in [7, 11) is 0. The summed E-state index contributed by atoms with van der Waals surface area (Å²) >= 11 is 0. The smallest absolute Gasteiger partial charge is 0.313 e. The average molecular weight is 263 g/mol. The zero-order chi connectivity index (χ0) is 14.5. The van der Waals surface area contributed by atoms with Gasteiger partial charge in [0.15, 0.2) is 0 Å². The van der Waals surface area contributed by atoms with Crippen LogP contribution in [-0.4, -0.2) is 19.1 Å². The van der Waals surface area contributed by atoms with E-state index in [-0.39, 0.29) is 11.9 Å². The molecule has 0 spiro atoms. The molecule has 0 radical (unpaired) electrons. The lowest BCUT2D eigenvalue weighted by molar-refractivity contribution is -0.157. The summed E-state index contributed by atoms with van der Waals surface area (Å²) in [6, 6.07) is 8.11. The SMILES string of the molecule is CCOC(=O)C(CN)(Cc1ccccc1C)C(C)C. The van der Waals surface area contributed by atoms with E-state index in [1.165, 1.54) is 5.56 Å². The Balaban J connectivity index is 3.11. The molecule has 1 unspecified atom stereocenters. The van der Waals surface area contributed by atoms with Crippen molar-refractivity contribution in [3.05, 3.63) is 35.4 Å². The fraction of sp³-hybridized carbons (Fsp3) is 0.562. The summed E-state index contributed by atoms with van der Waals surface area (Å²) in [5.74, 6) is -0.0492. The van der Waals surface area contributed by atoms with Crippen LogP contribution < -0.4 is 5.73 Å². The van der Waals surface area contributed by atoms with Gasteiger partial charge in [-0.1, -0.05) is 38.1 Å². The lowest BCUT2D eigenvalue weighted by Crippen LogP contribution is -2.46. The number of ether oxygens (including phenoxy) is 1. The minimum absolute atomic E-state index is 0.135. The Bertz CT molecular complexity index is 429. The van der Waals surface area contributed by atoms with E-state index >= 15 is 0 Å². The van der Waals surface area contributed by atoms with Crippen LogP contribution >= 0.6 is 0 Å². The van der Waals surface area contributed by atoms with Gasteiger partial charge in [0.1, 0.15) is 0 Å². The highest BCUT2D eigenvalue weighted by molar-refractivity contribution is 5.78. The highest BCUT2D eigenvalue weighted by Crippen LogP contribution is 2.33. The number of rotatable bonds is 6. The first kappa shape index (κ1) is 15.7. The van der Waals surface area contributed by atoms with E-state index in [1.54, 1.807) is 0 Å². The van der Waals surface area contributed by atoms with Crippen LogP contribution in [0.15, 0.2) is 24.3 Å². The van der Waals surface area contributed by atoms with E-state index in [2.05, 4.69) is 19.1 Å². The summed E-state index contributed by atoms with van der Waals surface area (Å²) in [5, 5.41) is 0. The van der Waals surface area contributed by atoms with Gasteiger partial charge >= 0.3 is 5.97 Å². The normalized spacial score (nSPS) is 14.2. The fourth-order valence-electron chi connectivity index (χ4n) is 2.33. The van der Waals surface area contributed by atoms with Crippen molar-refractivity contribution in [1.29, 1.82) is 0 Å². The van der Waals surface area contributed by atoms with Gasteiger partial charge in [-0.3, -0.25) is 4.79 Å². The van der Waals surface area contributed by atoms with E-state index in [4.69, 9.17) is 10.5 Å². The van der Waals surface area contributed by atoms with Gasteiger partial charge < -0.3 is 10.5 Å². The predicted octanol–water partition coefficient (Wildman–Crippen LogP) is 2.70. The number of nitrogens with two attached hydrogens (primary N) is 1. The van der Waals surface area contributed by atoms with E-state index in [9.17, 15) is 4.79 Å². The van der Waals surface area contributed by atoms with Gasteiger partial charge in [0, 0.05) is 6.54 Å². The van der Waals surface area contributed by atoms with Gasteiger partial charge in [0.25, 0.3) is 0 Å². The molecule has 0 fully saturated rings. The van der Waals surface area contributed by atoms with Crippen LogP contribution in [-0.2, 0) is 16.0 Å². The zero-order valence-corrected chi connectivity index (χ0v) is 12.4. The molecule has 0 aliphatic rings. The first-order chi connectivity index (χ1) is 8.97. The van der Waals surface area contributed by atoms with Crippen molar-refractivity contribution in [3.8, 4) is 0 Å². The molecule has 0 amide bonds. The molecule has 0 saturated heterocycles. The molecule has 1 aromatic carbocycles. The second kappa shape index (κ2) is 6.71. The van der Waals surface area contributed by atoms with Crippen molar-refractivity contribution in [3.63, 3.8) is 0 Å². The summed E-state index contributed by atoms with van der Waals surface area (Å²) < 4.78 is 5.25. The molecule has 3 heteroatoms. The Morgan fingerprint density at radius 3 is 2.47 bits per heavy atom. The maximum absolute atomic E-state index is 12.4. The number of carbonyl (C=O) groups is 1. The molecule has 3 nitrogen and oxygen atoms in total. The number of aryl methyl sites for hydroxylation is 1. The monoisotopic (exact) mass is 263 g/mol. The van der Waals surface area contributed by atoms with Gasteiger partial charge in [-0.25, -0.2) is 0 Å². The molecule has 0 aliphatic carbocycles. The van der Waals surface area contributed by atoms with Gasteiger partial charge in [0.05, 0.1) is 12.0 Å². The van der Waals surface area contributed by atoms with E-state index in [0.29, 0.717) is 19.6 Å². The number of benzene rings is 1. The molecular formula is C16H25NO2. The first-order valence-corrected chi connectivity index (χ1v) is 6.89. The van der Waals surface area contributed by atoms with Gasteiger partial charge in [-0.2, -0.15) is 0 Å². The van der Waals surface area contributed by atoms with Crippen molar-refractivity contribution in [2.75, 3.05) is 13.2 Å². The number of esters is 1. The Hall–Kier alpha value is -1.35. The summed E-state index contributed by atoms with van der Waals surface area (Å²) in [6.07, 6.45) is 0.632. The molecule has 106 valence electrons. The summed E-state index contributed by atoms with van der Waals surface area (Å²) in [4.78, 5) is 12.4. The quantitative estimate of drug-likeness (QED) is 0.803. The van der Waals surface area contributed by atoms with Gasteiger partial charge in [0.2, 0.25) is 0 Å². The molecule has 0 aromatic heterocycles. The zero-order valence-electron chi connectivity index (χ0n) is 12.4. The first-order valence-electron chi connectivity index (χ1n) is 6.89. The Morgan fingerprint density at radius 1 is 1.37 bits per heavy atom. The van der Waals surface area contributed by atoms with Crippen LogP contribution in [0.25, 0.3) is 0 Å². The lowest BCUT2D eigenvalue weighted by Gasteiger charge is -2.34.